The monoisotopic (exact) mass is 463 g/mol. The Morgan fingerprint density at radius 3 is 2.14 bits per heavy atom. The topological polar surface area (TPSA) is 58.4 Å². The van der Waals surface area contributed by atoms with Gasteiger partial charge in [0.2, 0.25) is 5.91 Å². The Hall–Kier alpha value is -3.47. The lowest BCUT2D eigenvalue weighted by molar-refractivity contribution is -0.136. The molecule has 3 atom stereocenters. The van der Waals surface area contributed by atoms with E-state index in [2.05, 4.69) is 84.2 Å². The van der Waals surface area contributed by atoms with Gasteiger partial charge in [0.25, 0.3) is 0 Å². The van der Waals surface area contributed by atoms with Crippen LogP contribution in [0.2, 0.25) is 0 Å². The summed E-state index contributed by atoms with van der Waals surface area (Å²) in [6.07, 6.45) is 2.25. The molecule has 0 aromatic heterocycles. The fourth-order valence-corrected chi connectivity index (χ4v) is 5.16. The molecule has 4 heteroatoms. The fraction of sp³-hybridized carbons (Fsp3) is 0.258. The van der Waals surface area contributed by atoms with Gasteiger partial charge in [0.05, 0.1) is 6.04 Å². The number of fused-ring (bicyclic) bond motifs is 1. The summed E-state index contributed by atoms with van der Waals surface area (Å²) in [6, 6.07) is 35.2. The number of nitrogens with zero attached hydrogens (tertiary/aromatic N) is 1. The van der Waals surface area contributed by atoms with Crippen molar-refractivity contribution < 1.29 is 4.79 Å². The second-order valence-electron chi connectivity index (χ2n) is 9.62. The van der Waals surface area contributed by atoms with Gasteiger partial charge < -0.3 is 16.0 Å². The van der Waals surface area contributed by atoms with Crippen molar-refractivity contribution in [3.8, 4) is 0 Å². The highest BCUT2D eigenvalue weighted by Crippen LogP contribution is 2.20. The Kier molecular flexibility index (Phi) is 7.22. The fourth-order valence-electron chi connectivity index (χ4n) is 5.16. The lowest BCUT2D eigenvalue weighted by Gasteiger charge is -2.42. The zero-order valence-corrected chi connectivity index (χ0v) is 20.0. The Bertz CT molecular complexity index is 1260. The molecule has 1 amide bonds. The number of nitrogens with one attached hydrogen (secondary N) is 1. The quantitative estimate of drug-likeness (QED) is 0.428. The van der Waals surface area contributed by atoms with Gasteiger partial charge >= 0.3 is 0 Å². The first kappa shape index (κ1) is 23.3. The van der Waals surface area contributed by atoms with E-state index in [0.29, 0.717) is 13.0 Å². The number of hydrogen-bond acceptors (Lipinski definition) is 3. The molecule has 4 aromatic carbocycles. The molecule has 0 aliphatic carbocycles. The standard InChI is InChI=1S/C31H33N3O/c32-30(20-25-15-16-26-13-7-8-14-27(26)17-25)31(35)34-22-28(18-23-9-3-1-4-10-23)33-21-29(34)19-24-11-5-2-6-12-24/h1-17,28-30,33H,18-22,32H2/t28-,29+,30?/m0/s1. The second-order valence-corrected chi connectivity index (χ2v) is 9.62. The molecule has 4 aromatic rings. The SMILES string of the molecule is NC(Cc1ccc2ccccc2c1)C(=O)N1C[C@H](Cc2ccccc2)NC[C@H]1Cc1ccccc1. The highest BCUT2D eigenvalue weighted by molar-refractivity contribution is 5.84. The van der Waals surface area contributed by atoms with Crippen molar-refractivity contribution in [2.24, 2.45) is 5.73 Å². The van der Waals surface area contributed by atoms with Crippen molar-refractivity contribution in [3.63, 3.8) is 0 Å². The molecule has 178 valence electrons. The van der Waals surface area contributed by atoms with Crippen LogP contribution in [0.25, 0.3) is 10.8 Å². The van der Waals surface area contributed by atoms with Crippen molar-refractivity contribution in [2.75, 3.05) is 13.1 Å². The van der Waals surface area contributed by atoms with Gasteiger partial charge in [-0.2, -0.15) is 0 Å². The van der Waals surface area contributed by atoms with Crippen LogP contribution in [-0.2, 0) is 24.1 Å². The zero-order valence-electron chi connectivity index (χ0n) is 20.0. The lowest BCUT2D eigenvalue weighted by Crippen LogP contribution is -2.62. The number of nitrogens with two attached hydrogens (primary N) is 1. The van der Waals surface area contributed by atoms with E-state index >= 15 is 0 Å². The zero-order chi connectivity index (χ0) is 24.0. The maximum atomic E-state index is 13.7. The van der Waals surface area contributed by atoms with E-state index in [-0.39, 0.29) is 18.0 Å². The minimum absolute atomic E-state index is 0.0404. The van der Waals surface area contributed by atoms with E-state index in [1.165, 1.54) is 21.9 Å². The summed E-state index contributed by atoms with van der Waals surface area (Å²) < 4.78 is 0. The molecular formula is C31H33N3O. The summed E-state index contributed by atoms with van der Waals surface area (Å²) >= 11 is 0. The molecule has 1 unspecified atom stereocenters. The highest BCUT2D eigenvalue weighted by atomic mass is 16.2. The molecule has 1 aliphatic rings. The molecule has 0 saturated carbocycles. The summed E-state index contributed by atoms with van der Waals surface area (Å²) in [5.41, 5.74) is 10.2. The van der Waals surface area contributed by atoms with Crippen molar-refractivity contribution in [2.45, 2.75) is 37.4 Å². The van der Waals surface area contributed by atoms with Crippen LogP contribution in [0, 0.1) is 0 Å². The van der Waals surface area contributed by atoms with Crippen molar-refractivity contribution >= 4 is 16.7 Å². The Morgan fingerprint density at radius 1 is 0.800 bits per heavy atom. The van der Waals surface area contributed by atoms with Gasteiger partial charge in [0, 0.05) is 25.2 Å². The van der Waals surface area contributed by atoms with Gasteiger partial charge in [-0.1, -0.05) is 103 Å². The van der Waals surface area contributed by atoms with Crippen LogP contribution in [0.3, 0.4) is 0 Å². The number of benzene rings is 4. The maximum absolute atomic E-state index is 13.7. The number of carbonyl (C=O) groups is 1. The van der Waals surface area contributed by atoms with Crippen LogP contribution in [0.1, 0.15) is 16.7 Å². The van der Waals surface area contributed by atoms with Gasteiger partial charge in [-0.15, -0.1) is 0 Å². The van der Waals surface area contributed by atoms with E-state index in [4.69, 9.17) is 5.73 Å². The van der Waals surface area contributed by atoms with Crippen LogP contribution < -0.4 is 11.1 Å². The average Bonchev–Trinajstić information content (AvgIpc) is 2.90. The number of amides is 1. The number of hydrogen-bond donors (Lipinski definition) is 2. The van der Waals surface area contributed by atoms with Crippen LogP contribution in [0.15, 0.2) is 103 Å². The third-order valence-corrected chi connectivity index (χ3v) is 7.01. The summed E-state index contributed by atoms with van der Waals surface area (Å²) in [5, 5.41) is 6.07. The summed E-state index contributed by atoms with van der Waals surface area (Å²) in [7, 11) is 0. The molecule has 0 bridgehead atoms. The van der Waals surface area contributed by atoms with Gasteiger partial charge in [0.15, 0.2) is 0 Å². The first-order valence-corrected chi connectivity index (χ1v) is 12.5. The molecule has 1 fully saturated rings. The van der Waals surface area contributed by atoms with E-state index in [0.717, 1.165) is 24.9 Å². The second kappa shape index (κ2) is 10.9. The largest absolute Gasteiger partial charge is 0.335 e. The predicted octanol–water partition coefficient (Wildman–Crippen LogP) is 4.36. The van der Waals surface area contributed by atoms with E-state index in [9.17, 15) is 4.79 Å². The molecule has 3 N–H and O–H groups in total. The first-order chi connectivity index (χ1) is 17.2. The first-order valence-electron chi connectivity index (χ1n) is 12.5. The molecule has 5 rings (SSSR count). The minimum Gasteiger partial charge on any atom is -0.335 e. The van der Waals surface area contributed by atoms with Crippen LogP contribution in [-0.4, -0.2) is 42.0 Å². The molecule has 1 heterocycles. The molecule has 0 spiro atoms. The van der Waals surface area contributed by atoms with Gasteiger partial charge in [-0.05, 0) is 46.7 Å². The predicted molar refractivity (Wildman–Crippen MR) is 143 cm³/mol. The van der Waals surface area contributed by atoms with E-state index < -0.39 is 6.04 Å². The van der Waals surface area contributed by atoms with Crippen LogP contribution in [0.5, 0.6) is 0 Å². The smallest absolute Gasteiger partial charge is 0.240 e. The summed E-state index contributed by atoms with van der Waals surface area (Å²) in [6.45, 7) is 1.43. The molecule has 4 nitrogen and oxygen atoms in total. The number of carbonyl (C=O) groups excluding carboxylic acids is 1. The average molecular weight is 464 g/mol. The van der Waals surface area contributed by atoms with Gasteiger partial charge in [-0.3, -0.25) is 4.79 Å². The van der Waals surface area contributed by atoms with Crippen LogP contribution in [0.4, 0.5) is 0 Å². The third-order valence-electron chi connectivity index (χ3n) is 7.01. The van der Waals surface area contributed by atoms with Crippen molar-refractivity contribution in [1.82, 2.24) is 10.2 Å². The summed E-state index contributed by atoms with van der Waals surface area (Å²) in [5.74, 6) is 0.0404. The van der Waals surface area contributed by atoms with Gasteiger partial charge in [0.1, 0.15) is 0 Å². The van der Waals surface area contributed by atoms with E-state index in [1.807, 2.05) is 29.2 Å². The Morgan fingerprint density at radius 2 is 1.43 bits per heavy atom. The number of piperazine rings is 1. The normalized spacial score (nSPS) is 18.9. The van der Waals surface area contributed by atoms with Crippen LogP contribution >= 0.6 is 0 Å². The molecule has 35 heavy (non-hydrogen) atoms. The van der Waals surface area contributed by atoms with E-state index in [1.54, 1.807) is 0 Å². The lowest BCUT2D eigenvalue weighted by atomic mass is 9.95. The maximum Gasteiger partial charge on any atom is 0.240 e. The van der Waals surface area contributed by atoms with Crippen molar-refractivity contribution in [1.29, 1.82) is 0 Å². The Balaban J connectivity index is 1.33. The molecular weight excluding hydrogens is 430 g/mol. The molecule has 0 radical (unpaired) electrons. The van der Waals surface area contributed by atoms with Gasteiger partial charge in [-0.25, -0.2) is 0 Å². The molecule has 1 saturated heterocycles. The summed E-state index contributed by atoms with van der Waals surface area (Å²) in [4.78, 5) is 15.8. The third kappa shape index (κ3) is 5.79. The number of rotatable bonds is 7. The van der Waals surface area contributed by atoms with Crippen molar-refractivity contribution in [3.05, 3.63) is 120 Å². The Labute approximate surface area is 207 Å². The molecule has 1 aliphatic heterocycles. The highest BCUT2D eigenvalue weighted by Gasteiger charge is 2.33. The minimum atomic E-state index is -0.565.